The Labute approximate surface area is 132 Å². The van der Waals surface area contributed by atoms with Gasteiger partial charge < -0.3 is 14.2 Å². The first kappa shape index (κ1) is 20.0. The van der Waals surface area contributed by atoms with Crippen LogP contribution in [0.15, 0.2) is 0 Å². The predicted molar refractivity (Wildman–Crippen MR) is 85.7 cm³/mol. The van der Waals surface area contributed by atoms with Crippen molar-refractivity contribution in [1.29, 1.82) is 5.26 Å². The molecule has 0 aromatic heterocycles. The topological polar surface area (TPSA) is 63.5 Å². The molecule has 7 heteroatoms. The second kappa shape index (κ2) is 17.1. The molecule has 5 nitrogen and oxygen atoms in total. The third-order valence-electron chi connectivity index (χ3n) is 2.46. The van der Waals surface area contributed by atoms with Crippen LogP contribution in [0.25, 0.3) is 0 Å². The number of nitriles is 1. The van der Waals surface area contributed by atoms with Crippen LogP contribution in [0, 0.1) is 10.7 Å². The molecule has 0 aliphatic carbocycles. The van der Waals surface area contributed by atoms with Crippen molar-refractivity contribution in [1.82, 2.24) is 4.72 Å². The van der Waals surface area contributed by atoms with E-state index in [0.717, 1.165) is 50.6 Å². The van der Waals surface area contributed by atoms with E-state index in [2.05, 4.69) is 29.9 Å². The summed E-state index contributed by atoms with van der Waals surface area (Å²) in [6, 6.07) is 0. The molecule has 0 aromatic rings. The van der Waals surface area contributed by atoms with E-state index in [-0.39, 0.29) is 5.44 Å². The second-order valence-electron chi connectivity index (χ2n) is 4.14. The lowest BCUT2D eigenvalue weighted by molar-refractivity contribution is 0.00741. The van der Waals surface area contributed by atoms with E-state index >= 15 is 0 Å². The Balaban J connectivity index is 3.37. The normalized spacial score (nSPS) is 12.2. The molecule has 20 heavy (non-hydrogen) atoms. The van der Waals surface area contributed by atoms with Crippen molar-refractivity contribution in [3.05, 3.63) is 0 Å². The number of nitrogens with zero attached hydrogens (tertiary/aromatic N) is 1. The van der Waals surface area contributed by atoms with Crippen LogP contribution in [0.5, 0.6) is 0 Å². The fourth-order valence-corrected chi connectivity index (χ4v) is 2.11. The first-order valence-electron chi connectivity index (χ1n) is 7.04. The quantitative estimate of drug-likeness (QED) is 0.209. The Kier molecular flexibility index (Phi) is 17.1. The third kappa shape index (κ3) is 14.4. The van der Waals surface area contributed by atoms with Crippen LogP contribution in [0.3, 0.4) is 0 Å². The molecule has 0 saturated carbocycles. The lowest BCUT2D eigenvalue weighted by Gasteiger charge is -2.14. The SMILES string of the molecule is CCCCOCCOCCOC(CCCNS)SC#N. The van der Waals surface area contributed by atoms with Crippen LogP contribution in [0.2, 0.25) is 0 Å². The molecule has 0 aliphatic heterocycles. The summed E-state index contributed by atoms with van der Waals surface area (Å²) in [5.41, 5.74) is -0.0916. The van der Waals surface area contributed by atoms with E-state index < -0.39 is 0 Å². The Morgan fingerprint density at radius 3 is 2.50 bits per heavy atom. The van der Waals surface area contributed by atoms with Gasteiger partial charge in [0.05, 0.1) is 26.4 Å². The summed E-state index contributed by atoms with van der Waals surface area (Å²) in [6.45, 7) is 6.00. The van der Waals surface area contributed by atoms with Gasteiger partial charge in [0.25, 0.3) is 0 Å². The van der Waals surface area contributed by atoms with E-state index in [9.17, 15) is 0 Å². The molecule has 0 fully saturated rings. The van der Waals surface area contributed by atoms with Crippen molar-refractivity contribution >= 4 is 24.6 Å². The van der Waals surface area contributed by atoms with Crippen LogP contribution >= 0.6 is 24.6 Å². The molecule has 0 heterocycles. The molecule has 0 bridgehead atoms. The molecular formula is C13H26N2O3S2. The predicted octanol–water partition coefficient (Wildman–Crippen LogP) is 2.59. The van der Waals surface area contributed by atoms with Crippen LogP contribution in [0.4, 0.5) is 0 Å². The summed E-state index contributed by atoms with van der Waals surface area (Å²) < 4.78 is 19.2. The minimum atomic E-state index is -0.0916. The van der Waals surface area contributed by atoms with Gasteiger partial charge >= 0.3 is 0 Å². The lowest BCUT2D eigenvalue weighted by Crippen LogP contribution is -2.16. The molecule has 0 radical (unpaired) electrons. The number of hydrogen-bond donors (Lipinski definition) is 2. The van der Waals surface area contributed by atoms with Crippen molar-refractivity contribution < 1.29 is 14.2 Å². The fraction of sp³-hybridized carbons (Fsp3) is 0.923. The highest BCUT2D eigenvalue weighted by Crippen LogP contribution is 2.16. The summed E-state index contributed by atoms with van der Waals surface area (Å²) in [5, 5.41) is 10.8. The van der Waals surface area contributed by atoms with E-state index in [4.69, 9.17) is 19.5 Å². The maximum absolute atomic E-state index is 8.69. The monoisotopic (exact) mass is 322 g/mol. The molecule has 0 amide bonds. The first-order valence-corrected chi connectivity index (χ1v) is 8.36. The van der Waals surface area contributed by atoms with Crippen LogP contribution in [-0.4, -0.2) is 45.0 Å². The zero-order valence-electron chi connectivity index (χ0n) is 12.2. The zero-order valence-corrected chi connectivity index (χ0v) is 13.9. The van der Waals surface area contributed by atoms with Crippen LogP contribution in [0.1, 0.15) is 32.6 Å². The van der Waals surface area contributed by atoms with E-state index in [1.165, 1.54) is 0 Å². The van der Waals surface area contributed by atoms with Gasteiger partial charge in [-0.2, -0.15) is 5.26 Å². The number of thiocyanates is 1. The Morgan fingerprint density at radius 1 is 1.15 bits per heavy atom. The highest BCUT2D eigenvalue weighted by atomic mass is 32.2. The Bertz CT molecular complexity index is 240. The number of rotatable bonds is 15. The van der Waals surface area contributed by atoms with Gasteiger partial charge in [0.2, 0.25) is 0 Å². The maximum Gasteiger partial charge on any atom is 0.136 e. The van der Waals surface area contributed by atoms with Crippen LogP contribution < -0.4 is 4.72 Å². The van der Waals surface area contributed by atoms with Gasteiger partial charge in [0, 0.05) is 13.2 Å². The Hall–Kier alpha value is 0.0300. The van der Waals surface area contributed by atoms with Gasteiger partial charge in [-0.3, -0.25) is 4.72 Å². The summed E-state index contributed by atoms with van der Waals surface area (Å²) in [7, 11) is 0. The summed E-state index contributed by atoms with van der Waals surface area (Å²) in [5.74, 6) is 0. The molecule has 1 unspecified atom stereocenters. The van der Waals surface area contributed by atoms with Gasteiger partial charge in [-0.1, -0.05) is 26.2 Å². The molecule has 0 aromatic carbocycles. The molecular weight excluding hydrogens is 296 g/mol. The van der Waals surface area contributed by atoms with Crippen molar-refractivity contribution in [3.63, 3.8) is 0 Å². The van der Waals surface area contributed by atoms with Gasteiger partial charge in [0.15, 0.2) is 0 Å². The van der Waals surface area contributed by atoms with E-state index in [1.54, 1.807) is 0 Å². The van der Waals surface area contributed by atoms with Crippen molar-refractivity contribution in [2.75, 3.05) is 39.6 Å². The Morgan fingerprint density at radius 2 is 1.85 bits per heavy atom. The molecule has 0 rings (SSSR count). The number of hydrogen-bond acceptors (Lipinski definition) is 7. The fourth-order valence-electron chi connectivity index (χ4n) is 1.39. The smallest absolute Gasteiger partial charge is 0.136 e. The molecule has 1 N–H and O–H groups in total. The number of thiol groups is 1. The van der Waals surface area contributed by atoms with E-state index in [0.29, 0.717) is 26.4 Å². The van der Waals surface area contributed by atoms with Gasteiger partial charge in [-0.25, -0.2) is 0 Å². The molecule has 0 spiro atoms. The highest BCUT2D eigenvalue weighted by molar-refractivity contribution is 8.04. The minimum Gasteiger partial charge on any atom is -0.379 e. The molecule has 1 atom stereocenters. The number of ether oxygens (including phenoxy) is 3. The van der Waals surface area contributed by atoms with Crippen molar-refractivity contribution in [2.45, 2.75) is 38.0 Å². The summed E-state index contributed by atoms with van der Waals surface area (Å²) in [6.07, 6.45) is 3.99. The lowest BCUT2D eigenvalue weighted by atomic mass is 10.3. The summed E-state index contributed by atoms with van der Waals surface area (Å²) >= 11 is 5.07. The second-order valence-corrected chi connectivity index (χ2v) is 5.40. The standard InChI is InChI=1S/C13H26N2O3S2/c1-2-3-7-16-8-9-17-10-11-18-13(20-12-14)5-4-6-15-19/h13,15,19H,2-11H2,1H3. The third-order valence-corrected chi connectivity index (χ3v) is 3.42. The van der Waals surface area contributed by atoms with Gasteiger partial charge in [0.1, 0.15) is 10.8 Å². The largest absolute Gasteiger partial charge is 0.379 e. The van der Waals surface area contributed by atoms with Crippen LogP contribution in [-0.2, 0) is 14.2 Å². The molecule has 118 valence electrons. The van der Waals surface area contributed by atoms with Crippen molar-refractivity contribution in [2.24, 2.45) is 0 Å². The van der Waals surface area contributed by atoms with Gasteiger partial charge in [-0.15, -0.1) is 0 Å². The first-order chi connectivity index (χ1) is 9.85. The maximum atomic E-state index is 8.69. The molecule has 0 aliphatic rings. The minimum absolute atomic E-state index is 0.0916. The average molecular weight is 322 g/mol. The van der Waals surface area contributed by atoms with Crippen molar-refractivity contribution in [3.8, 4) is 5.40 Å². The van der Waals surface area contributed by atoms with E-state index in [1.807, 2.05) is 0 Å². The number of unbranched alkanes of at least 4 members (excludes halogenated alkanes) is 1. The number of thioether (sulfide) groups is 1. The summed E-state index contributed by atoms with van der Waals surface area (Å²) in [4.78, 5) is 0. The van der Waals surface area contributed by atoms with Gasteiger partial charge in [-0.05, 0) is 31.0 Å². The highest BCUT2D eigenvalue weighted by Gasteiger charge is 2.08. The zero-order chi connectivity index (χ0) is 14.9. The molecule has 0 saturated heterocycles. The average Bonchev–Trinajstić information content (AvgIpc) is 2.45. The number of nitrogens with one attached hydrogen (secondary N) is 1.